The van der Waals surface area contributed by atoms with Gasteiger partial charge in [0.1, 0.15) is 0 Å². The zero-order valence-corrected chi connectivity index (χ0v) is 15.9. The molecule has 0 aromatic heterocycles. The van der Waals surface area contributed by atoms with Crippen LogP contribution in [0, 0.1) is 0 Å². The number of likely N-dealkylation sites (N-methyl/N-ethyl adjacent to an activating group) is 1. The van der Waals surface area contributed by atoms with Crippen molar-refractivity contribution >= 4 is 17.5 Å². The number of nitrogens with two attached hydrogens (primary N) is 1. The molecule has 0 atom stereocenters. The van der Waals surface area contributed by atoms with Gasteiger partial charge in [-0.3, -0.25) is 9.59 Å². The maximum Gasteiger partial charge on any atom is 0.227 e. The molecule has 1 saturated heterocycles. The van der Waals surface area contributed by atoms with E-state index in [2.05, 4.69) is 17.3 Å². The Morgan fingerprint density at radius 2 is 1.65 bits per heavy atom. The Morgan fingerprint density at radius 3 is 2.31 bits per heavy atom. The third-order valence-electron chi connectivity index (χ3n) is 4.81. The van der Waals surface area contributed by atoms with Crippen LogP contribution in [0.4, 0.5) is 5.69 Å². The largest absolute Gasteiger partial charge is 0.340 e. The van der Waals surface area contributed by atoms with Crippen LogP contribution in [0.3, 0.4) is 0 Å². The quantitative estimate of drug-likeness (QED) is 0.659. The van der Waals surface area contributed by atoms with Crippen molar-refractivity contribution in [3.8, 4) is 0 Å². The fourth-order valence-corrected chi connectivity index (χ4v) is 3.06. The van der Waals surface area contributed by atoms with E-state index in [1.807, 2.05) is 29.2 Å². The number of benzene rings is 1. The van der Waals surface area contributed by atoms with Gasteiger partial charge in [0.2, 0.25) is 11.8 Å². The molecule has 2 rings (SSSR count). The molecule has 0 radical (unpaired) electrons. The van der Waals surface area contributed by atoms with Crippen LogP contribution in [0.15, 0.2) is 24.3 Å². The van der Waals surface area contributed by atoms with Crippen LogP contribution in [0.25, 0.3) is 0 Å². The summed E-state index contributed by atoms with van der Waals surface area (Å²) in [6.07, 6.45) is 4.99. The highest BCUT2D eigenvalue weighted by atomic mass is 16.2. The van der Waals surface area contributed by atoms with Crippen LogP contribution in [0.1, 0.15) is 37.7 Å². The first-order chi connectivity index (χ1) is 12.6. The van der Waals surface area contributed by atoms with E-state index in [9.17, 15) is 9.59 Å². The Balaban J connectivity index is 1.72. The Morgan fingerprint density at radius 1 is 1.00 bits per heavy atom. The maximum absolute atomic E-state index is 12.4. The molecular formula is C20H32N4O2. The van der Waals surface area contributed by atoms with Gasteiger partial charge >= 0.3 is 0 Å². The first kappa shape index (κ1) is 20.4. The van der Waals surface area contributed by atoms with Gasteiger partial charge in [-0.1, -0.05) is 25.0 Å². The fraction of sp³-hybridized carbons (Fsp3) is 0.600. The van der Waals surface area contributed by atoms with Gasteiger partial charge in [0.05, 0.1) is 6.42 Å². The molecule has 0 bridgehead atoms. The number of piperazine rings is 1. The molecule has 1 aliphatic rings. The van der Waals surface area contributed by atoms with Gasteiger partial charge in [-0.15, -0.1) is 0 Å². The molecule has 0 unspecified atom stereocenters. The van der Waals surface area contributed by atoms with Gasteiger partial charge in [-0.05, 0) is 44.1 Å². The van der Waals surface area contributed by atoms with E-state index in [0.717, 1.165) is 69.7 Å². The monoisotopic (exact) mass is 360 g/mol. The Labute approximate surface area is 156 Å². The highest BCUT2D eigenvalue weighted by molar-refractivity contribution is 5.90. The number of hydrogen-bond donors (Lipinski definition) is 2. The fourth-order valence-electron chi connectivity index (χ4n) is 3.06. The van der Waals surface area contributed by atoms with Crippen molar-refractivity contribution in [1.29, 1.82) is 0 Å². The van der Waals surface area contributed by atoms with Crippen molar-refractivity contribution in [1.82, 2.24) is 9.80 Å². The molecule has 26 heavy (non-hydrogen) atoms. The zero-order valence-electron chi connectivity index (χ0n) is 15.9. The molecule has 0 spiro atoms. The summed E-state index contributed by atoms with van der Waals surface area (Å²) in [5.74, 6) is 0.214. The molecule has 144 valence electrons. The van der Waals surface area contributed by atoms with Crippen molar-refractivity contribution < 1.29 is 9.59 Å². The minimum Gasteiger partial charge on any atom is -0.340 e. The molecule has 0 aliphatic carbocycles. The van der Waals surface area contributed by atoms with Crippen molar-refractivity contribution in [2.75, 3.05) is 45.1 Å². The zero-order chi connectivity index (χ0) is 18.8. The SMILES string of the molecule is CN1CCN(C(=O)Cc2ccc(NC(=O)CCCCCCN)cc2)CC1. The Bertz CT molecular complexity index is 566. The molecule has 1 heterocycles. The molecular weight excluding hydrogens is 328 g/mol. The predicted octanol–water partition coefficient (Wildman–Crippen LogP) is 1.85. The topological polar surface area (TPSA) is 78.7 Å². The molecule has 0 saturated carbocycles. The smallest absolute Gasteiger partial charge is 0.227 e. The lowest BCUT2D eigenvalue weighted by Crippen LogP contribution is -2.47. The van der Waals surface area contributed by atoms with Crippen LogP contribution in [-0.4, -0.2) is 61.4 Å². The number of carbonyl (C=O) groups is 2. The number of carbonyl (C=O) groups excluding carboxylic acids is 2. The molecule has 6 nitrogen and oxygen atoms in total. The van der Waals surface area contributed by atoms with Gasteiger partial charge in [-0.25, -0.2) is 0 Å². The van der Waals surface area contributed by atoms with E-state index in [1.54, 1.807) is 0 Å². The number of rotatable bonds is 9. The van der Waals surface area contributed by atoms with Crippen LogP contribution >= 0.6 is 0 Å². The van der Waals surface area contributed by atoms with Gasteiger partial charge in [0.15, 0.2) is 0 Å². The highest BCUT2D eigenvalue weighted by Crippen LogP contribution is 2.13. The third-order valence-corrected chi connectivity index (χ3v) is 4.81. The normalized spacial score (nSPS) is 15.1. The summed E-state index contributed by atoms with van der Waals surface area (Å²) < 4.78 is 0. The van der Waals surface area contributed by atoms with Crippen LogP contribution in [0.2, 0.25) is 0 Å². The van der Waals surface area contributed by atoms with E-state index in [4.69, 9.17) is 5.73 Å². The molecule has 2 amide bonds. The number of unbranched alkanes of at least 4 members (excludes halogenated alkanes) is 3. The summed E-state index contributed by atoms with van der Waals surface area (Å²) in [4.78, 5) is 28.5. The number of nitrogens with zero attached hydrogens (tertiary/aromatic N) is 2. The lowest BCUT2D eigenvalue weighted by atomic mass is 10.1. The lowest BCUT2D eigenvalue weighted by Gasteiger charge is -2.32. The minimum atomic E-state index is 0.0408. The van der Waals surface area contributed by atoms with Crippen LogP contribution in [-0.2, 0) is 16.0 Å². The van der Waals surface area contributed by atoms with Gasteiger partial charge in [0, 0.05) is 38.3 Å². The second-order valence-electron chi connectivity index (χ2n) is 7.06. The second kappa shape index (κ2) is 10.9. The number of anilines is 1. The lowest BCUT2D eigenvalue weighted by molar-refractivity contribution is -0.132. The van der Waals surface area contributed by atoms with E-state index in [1.165, 1.54) is 0 Å². The first-order valence-corrected chi connectivity index (χ1v) is 9.63. The maximum atomic E-state index is 12.4. The molecule has 1 aromatic carbocycles. The van der Waals surface area contributed by atoms with E-state index >= 15 is 0 Å². The second-order valence-corrected chi connectivity index (χ2v) is 7.06. The number of amides is 2. The summed E-state index contributed by atoms with van der Waals surface area (Å²) in [6.45, 7) is 4.19. The molecule has 6 heteroatoms. The van der Waals surface area contributed by atoms with Crippen molar-refractivity contribution in [2.24, 2.45) is 5.73 Å². The molecule has 1 aliphatic heterocycles. The summed E-state index contributed by atoms with van der Waals surface area (Å²) in [5.41, 5.74) is 7.22. The summed E-state index contributed by atoms with van der Waals surface area (Å²) in [5, 5.41) is 2.92. The van der Waals surface area contributed by atoms with Crippen LogP contribution < -0.4 is 11.1 Å². The van der Waals surface area contributed by atoms with Crippen molar-refractivity contribution in [3.05, 3.63) is 29.8 Å². The van der Waals surface area contributed by atoms with Crippen molar-refractivity contribution in [2.45, 2.75) is 38.5 Å². The summed E-state index contributed by atoms with van der Waals surface area (Å²) >= 11 is 0. The van der Waals surface area contributed by atoms with Gasteiger partial charge < -0.3 is 20.9 Å². The predicted molar refractivity (Wildman–Crippen MR) is 105 cm³/mol. The van der Waals surface area contributed by atoms with E-state index in [0.29, 0.717) is 12.8 Å². The Hall–Kier alpha value is -1.92. The highest BCUT2D eigenvalue weighted by Gasteiger charge is 2.18. The Kier molecular flexibility index (Phi) is 8.58. The molecule has 1 fully saturated rings. The standard InChI is InChI=1S/C20H32N4O2/c1-23-12-14-24(15-13-23)20(26)16-17-7-9-18(10-8-17)22-19(25)6-4-2-3-5-11-21/h7-10H,2-6,11-16,21H2,1H3,(H,22,25). The first-order valence-electron chi connectivity index (χ1n) is 9.63. The average Bonchev–Trinajstić information content (AvgIpc) is 2.63. The molecule has 3 N–H and O–H groups in total. The summed E-state index contributed by atoms with van der Waals surface area (Å²) in [6, 6.07) is 7.59. The molecule has 1 aromatic rings. The van der Waals surface area contributed by atoms with Gasteiger partial charge in [0.25, 0.3) is 0 Å². The van der Waals surface area contributed by atoms with E-state index in [-0.39, 0.29) is 11.8 Å². The van der Waals surface area contributed by atoms with Gasteiger partial charge in [-0.2, -0.15) is 0 Å². The van der Waals surface area contributed by atoms with E-state index < -0.39 is 0 Å². The van der Waals surface area contributed by atoms with Crippen molar-refractivity contribution in [3.63, 3.8) is 0 Å². The third kappa shape index (κ3) is 7.14. The average molecular weight is 361 g/mol. The van der Waals surface area contributed by atoms with Crippen LogP contribution in [0.5, 0.6) is 0 Å². The number of nitrogens with one attached hydrogen (secondary N) is 1. The number of hydrogen-bond acceptors (Lipinski definition) is 4. The summed E-state index contributed by atoms with van der Waals surface area (Å²) in [7, 11) is 2.08. The minimum absolute atomic E-state index is 0.0408.